The maximum atomic E-state index is 11.8. The van der Waals surface area contributed by atoms with Gasteiger partial charge in [0.2, 0.25) is 5.91 Å². The van der Waals surface area contributed by atoms with Gasteiger partial charge >= 0.3 is 5.97 Å². The van der Waals surface area contributed by atoms with Crippen molar-refractivity contribution in [3.05, 3.63) is 0 Å². The summed E-state index contributed by atoms with van der Waals surface area (Å²) in [7, 11) is 0. The first-order valence-corrected chi connectivity index (χ1v) is 6.09. The van der Waals surface area contributed by atoms with Crippen LogP contribution in [0.1, 0.15) is 33.6 Å². The standard InChI is InChI=1S/C12H22N2O3/c1-12(2,3)17-11(16)5-4-10(15)14-8-6-13-7-9-14/h13H,4-9H2,1-3H3. The van der Waals surface area contributed by atoms with Crippen LogP contribution in [0.2, 0.25) is 0 Å². The van der Waals surface area contributed by atoms with Gasteiger partial charge in [0.15, 0.2) is 0 Å². The summed E-state index contributed by atoms with van der Waals surface area (Å²) >= 11 is 0. The number of carbonyl (C=O) groups excluding carboxylic acids is 2. The van der Waals surface area contributed by atoms with E-state index in [-0.39, 0.29) is 24.7 Å². The van der Waals surface area contributed by atoms with Crippen LogP contribution in [0.25, 0.3) is 0 Å². The highest BCUT2D eigenvalue weighted by Gasteiger charge is 2.20. The van der Waals surface area contributed by atoms with E-state index in [0.717, 1.165) is 26.2 Å². The van der Waals surface area contributed by atoms with Crippen molar-refractivity contribution in [3.63, 3.8) is 0 Å². The Kier molecular flexibility index (Phi) is 4.93. The van der Waals surface area contributed by atoms with Crippen LogP contribution in [-0.4, -0.2) is 48.6 Å². The van der Waals surface area contributed by atoms with Crippen molar-refractivity contribution in [1.29, 1.82) is 0 Å². The Balaban J connectivity index is 2.25. The zero-order valence-corrected chi connectivity index (χ0v) is 10.9. The minimum atomic E-state index is -0.477. The summed E-state index contributed by atoms with van der Waals surface area (Å²) in [6.07, 6.45) is 0.412. The molecule has 5 nitrogen and oxygen atoms in total. The van der Waals surface area contributed by atoms with Gasteiger partial charge in [-0.25, -0.2) is 0 Å². The first-order valence-electron chi connectivity index (χ1n) is 6.09. The fourth-order valence-corrected chi connectivity index (χ4v) is 1.67. The highest BCUT2D eigenvalue weighted by Crippen LogP contribution is 2.10. The summed E-state index contributed by atoms with van der Waals surface area (Å²) in [5.74, 6) is -0.265. The number of esters is 1. The number of nitrogens with zero attached hydrogens (tertiary/aromatic N) is 1. The van der Waals surface area contributed by atoms with E-state index in [2.05, 4.69) is 5.32 Å². The van der Waals surface area contributed by atoms with Crippen molar-refractivity contribution in [2.45, 2.75) is 39.2 Å². The fraction of sp³-hybridized carbons (Fsp3) is 0.833. The van der Waals surface area contributed by atoms with E-state index < -0.39 is 5.60 Å². The van der Waals surface area contributed by atoms with Gasteiger partial charge in [0.25, 0.3) is 0 Å². The van der Waals surface area contributed by atoms with E-state index in [1.807, 2.05) is 20.8 Å². The van der Waals surface area contributed by atoms with Crippen LogP contribution < -0.4 is 5.32 Å². The third-order valence-corrected chi connectivity index (χ3v) is 2.43. The van der Waals surface area contributed by atoms with Crippen LogP contribution >= 0.6 is 0 Å². The molecule has 1 heterocycles. The molecule has 1 rings (SSSR count). The molecule has 0 aromatic carbocycles. The van der Waals surface area contributed by atoms with Gasteiger partial charge in [-0.2, -0.15) is 0 Å². The summed E-state index contributed by atoms with van der Waals surface area (Å²) in [6.45, 7) is 8.59. The average molecular weight is 242 g/mol. The monoisotopic (exact) mass is 242 g/mol. The molecular formula is C12H22N2O3. The van der Waals surface area contributed by atoms with E-state index in [1.165, 1.54) is 0 Å². The maximum Gasteiger partial charge on any atom is 0.306 e. The highest BCUT2D eigenvalue weighted by molar-refractivity contribution is 5.81. The van der Waals surface area contributed by atoms with Crippen molar-refractivity contribution in [2.24, 2.45) is 0 Å². The zero-order chi connectivity index (χ0) is 12.9. The molecule has 1 fully saturated rings. The SMILES string of the molecule is CC(C)(C)OC(=O)CCC(=O)N1CCNCC1. The lowest BCUT2D eigenvalue weighted by Crippen LogP contribution is -2.46. The largest absolute Gasteiger partial charge is 0.460 e. The van der Waals surface area contributed by atoms with Crippen LogP contribution in [-0.2, 0) is 14.3 Å². The van der Waals surface area contributed by atoms with Gasteiger partial charge in [0.05, 0.1) is 6.42 Å². The number of carbonyl (C=O) groups is 2. The second-order valence-electron chi connectivity index (χ2n) is 5.22. The van der Waals surface area contributed by atoms with Crippen LogP contribution in [0.15, 0.2) is 0 Å². The van der Waals surface area contributed by atoms with Gasteiger partial charge in [-0.05, 0) is 20.8 Å². The van der Waals surface area contributed by atoms with Crippen molar-refractivity contribution < 1.29 is 14.3 Å². The van der Waals surface area contributed by atoms with E-state index in [0.29, 0.717) is 0 Å². The van der Waals surface area contributed by atoms with Gasteiger partial charge in [0, 0.05) is 32.6 Å². The number of hydrogen-bond acceptors (Lipinski definition) is 4. The lowest BCUT2D eigenvalue weighted by molar-refractivity contribution is -0.156. The minimum Gasteiger partial charge on any atom is -0.460 e. The number of ether oxygens (including phenoxy) is 1. The zero-order valence-electron chi connectivity index (χ0n) is 10.9. The van der Waals surface area contributed by atoms with Gasteiger partial charge in [-0.1, -0.05) is 0 Å². The van der Waals surface area contributed by atoms with Gasteiger partial charge < -0.3 is 15.0 Å². The lowest BCUT2D eigenvalue weighted by atomic mass is 10.2. The average Bonchev–Trinajstić information content (AvgIpc) is 2.25. The molecule has 0 radical (unpaired) electrons. The quantitative estimate of drug-likeness (QED) is 0.734. The number of piperazine rings is 1. The predicted octanol–water partition coefficient (Wildman–Crippen LogP) is 0.540. The Morgan fingerprint density at radius 3 is 2.29 bits per heavy atom. The minimum absolute atomic E-state index is 0.0392. The Hall–Kier alpha value is -1.10. The Morgan fingerprint density at radius 1 is 1.18 bits per heavy atom. The van der Waals surface area contributed by atoms with Crippen LogP contribution in [0.4, 0.5) is 0 Å². The predicted molar refractivity (Wildman–Crippen MR) is 64.5 cm³/mol. The number of amides is 1. The normalized spacial score (nSPS) is 16.8. The smallest absolute Gasteiger partial charge is 0.306 e. The molecule has 1 saturated heterocycles. The summed E-state index contributed by atoms with van der Waals surface area (Å²) < 4.78 is 5.15. The third-order valence-electron chi connectivity index (χ3n) is 2.43. The maximum absolute atomic E-state index is 11.8. The molecule has 0 saturated carbocycles. The van der Waals surface area contributed by atoms with Crippen LogP contribution in [0.5, 0.6) is 0 Å². The molecule has 5 heteroatoms. The molecule has 0 bridgehead atoms. The highest BCUT2D eigenvalue weighted by atomic mass is 16.6. The molecule has 1 aliphatic rings. The van der Waals surface area contributed by atoms with E-state index >= 15 is 0 Å². The Bertz CT molecular complexity index is 278. The summed E-state index contributed by atoms with van der Waals surface area (Å²) in [5.41, 5.74) is -0.477. The van der Waals surface area contributed by atoms with Crippen molar-refractivity contribution in [1.82, 2.24) is 10.2 Å². The second-order valence-corrected chi connectivity index (χ2v) is 5.22. The first-order chi connectivity index (χ1) is 7.88. The molecule has 0 atom stereocenters. The molecule has 1 N–H and O–H groups in total. The van der Waals surface area contributed by atoms with Crippen LogP contribution in [0, 0.1) is 0 Å². The summed E-state index contributed by atoms with van der Waals surface area (Å²) in [5, 5.41) is 3.18. The second kappa shape index (κ2) is 6.00. The lowest BCUT2D eigenvalue weighted by Gasteiger charge is -2.27. The third kappa shape index (κ3) is 5.68. The molecular weight excluding hydrogens is 220 g/mol. The molecule has 0 aliphatic carbocycles. The summed E-state index contributed by atoms with van der Waals surface area (Å²) in [6, 6.07) is 0. The van der Waals surface area contributed by atoms with Gasteiger partial charge in [0.1, 0.15) is 5.60 Å². The van der Waals surface area contributed by atoms with E-state index in [9.17, 15) is 9.59 Å². The molecule has 17 heavy (non-hydrogen) atoms. The molecule has 0 aromatic heterocycles. The van der Waals surface area contributed by atoms with Gasteiger partial charge in [-0.15, -0.1) is 0 Å². The summed E-state index contributed by atoms with van der Waals surface area (Å²) in [4.78, 5) is 25.0. The molecule has 1 amide bonds. The Labute approximate surface area is 102 Å². The fourth-order valence-electron chi connectivity index (χ4n) is 1.67. The molecule has 0 aromatic rings. The van der Waals surface area contributed by atoms with E-state index in [4.69, 9.17) is 4.74 Å². The topological polar surface area (TPSA) is 58.6 Å². The molecule has 0 spiro atoms. The number of hydrogen-bond donors (Lipinski definition) is 1. The molecule has 98 valence electrons. The van der Waals surface area contributed by atoms with Crippen molar-refractivity contribution >= 4 is 11.9 Å². The van der Waals surface area contributed by atoms with Crippen LogP contribution in [0.3, 0.4) is 0 Å². The first kappa shape index (κ1) is 14.0. The van der Waals surface area contributed by atoms with Crippen molar-refractivity contribution in [3.8, 4) is 0 Å². The number of nitrogens with one attached hydrogen (secondary N) is 1. The molecule has 0 unspecified atom stereocenters. The number of rotatable bonds is 3. The van der Waals surface area contributed by atoms with E-state index in [1.54, 1.807) is 4.90 Å². The van der Waals surface area contributed by atoms with Gasteiger partial charge in [-0.3, -0.25) is 9.59 Å². The Morgan fingerprint density at radius 2 is 1.76 bits per heavy atom. The van der Waals surface area contributed by atoms with Crippen molar-refractivity contribution in [2.75, 3.05) is 26.2 Å². The molecule has 1 aliphatic heterocycles.